The average Bonchev–Trinajstić information content (AvgIpc) is 3.12. The van der Waals surface area contributed by atoms with E-state index >= 15 is 0 Å². The predicted molar refractivity (Wildman–Crippen MR) is 110 cm³/mol. The maximum atomic E-state index is 12.6. The van der Waals surface area contributed by atoms with Crippen LogP contribution in [0.3, 0.4) is 0 Å². The molecule has 0 fully saturated rings. The first kappa shape index (κ1) is 19.8. The highest BCUT2D eigenvalue weighted by Crippen LogP contribution is 2.13. The Bertz CT molecular complexity index is 916. The number of amides is 1. The molecular weight excluding hydrogens is 350 g/mol. The van der Waals surface area contributed by atoms with Gasteiger partial charge in [-0.1, -0.05) is 44.2 Å². The summed E-state index contributed by atoms with van der Waals surface area (Å²) in [5.74, 6) is 0.567. The molecule has 28 heavy (non-hydrogen) atoms. The molecule has 0 saturated heterocycles. The molecule has 0 atom stereocenters. The number of pyridine rings is 1. The van der Waals surface area contributed by atoms with Crippen LogP contribution in [-0.2, 0) is 13.1 Å². The second-order valence-corrected chi connectivity index (χ2v) is 6.71. The van der Waals surface area contributed by atoms with Crippen LogP contribution in [0.2, 0.25) is 0 Å². The van der Waals surface area contributed by atoms with Gasteiger partial charge in [0.25, 0.3) is 5.91 Å². The zero-order valence-corrected chi connectivity index (χ0v) is 16.7. The molecule has 0 radical (unpaired) electrons. The Morgan fingerprint density at radius 2 is 1.89 bits per heavy atom. The maximum absolute atomic E-state index is 12.6. The molecule has 0 aliphatic heterocycles. The van der Waals surface area contributed by atoms with Crippen LogP contribution in [0.1, 0.15) is 41.0 Å². The zero-order valence-electron chi connectivity index (χ0n) is 16.7. The fraction of sp³-hybridized carbons (Fsp3) is 0.318. The Balaban J connectivity index is 1.66. The second kappa shape index (κ2) is 9.28. The van der Waals surface area contributed by atoms with Crippen LogP contribution in [0, 0.1) is 6.92 Å². The Hall–Kier alpha value is -2.99. The molecule has 0 spiro atoms. The summed E-state index contributed by atoms with van der Waals surface area (Å²) >= 11 is 0. The van der Waals surface area contributed by atoms with Gasteiger partial charge in [-0.05, 0) is 43.3 Å². The number of carbonyl (C=O) groups excluding carboxylic acids is 1. The second-order valence-electron chi connectivity index (χ2n) is 6.71. The molecule has 1 aromatic carbocycles. The van der Waals surface area contributed by atoms with E-state index in [1.807, 2.05) is 37.3 Å². The van der Waals surface area contributed by atoms with Crippen molar-refractivity contribution < 1.29 is 4.79 Å². The monoisotopic (exact) mass is 377 g/mol. The van der Waals surface area contributed by atoms with Crippen LogP contribution >= 0.6 is 0 Å². The minimum absolute atomic E-state index is 0.131. The van der Waals surface area contributed by atoms with Gasteiger partial charge in [0, 0.05) is 19.3 Å². The predicted octanol–water partition coefficient (Wildman–Crippen LogP) is 3.35. The quantitative estimate of drug-likeness (QED) is 0.654. The van der Waals surface area contributed by atoms with Crippen LogP contribution in [0.15, 0.2) is 54.9 Å². The van der Waals surface area contributed by atoms with Crippen LogP contribution in [0.5, 0.6) is 0 Å². The Labute approximate surface area is 166 Å². The van der Waals surface area contributed by atoms with Crippen molar-refractivity contribution in [1.82, 2.24) is 25.0 Å². The Morgan fingerprint density at radius 1 is 1.11 bits per heavy atom. The summed E-state index contributed by atoms with van der Waals surface area (Å²) in [4.78, 5) is 19.3. The van der Waals surface area contributed by atoms with Gasteiger partial charge in [0.05, 0.1) is 17.5 Å². The van der Waals surface area contributed by atoms with Crippen molar-refractivity contribution >= 4 is 5.91 Å². The van der Waals surface area contributed by atoms with Crippen LogP contribution < -0.4 is 5.32 Å². The number of hydrogen-bond donors (Lipinski definition) is 1. The van der Waals surface area contributed by atoms with E-state index in [4.69, 9.17) is 0 Å². The summed E-state index contributed by atoms with van der Waals surface area (Å²) in [5.41, 5.74) is 3.68. The molecule has 146 valence electrons. The number of nitrogens with one attached hydrogen (secondary N) is 1. The summed E-state index contributed by atoms with van der Waals surface area (Å²) in [7, 11) is 0. The molecule has 1 amide bonds. The van der Waals surface area contributed by atoms with E-state index in [0.29, 0.717) is 17.9 Å². The first-order valence-electron chi connectivity index (χ1n) is 9.66. The van der Waals surface area contributed by atoms with E-state index in [0.717, 1.165) is 30.9 Å². The summed E-state index contributed by atoms with van der Waals surface area (Å²) in [6.07, 6.45) is 3.30. The molecule has 0 aliphatic rings. The van der Waals surface area contributed by atoms with Gasteiger partial charge in [-0.15, -0.1) is 0 Å². The lowest BCUT2D eigenvalue weighted by atomic mass is 10.1. The lowest BCUT2D eigenvalue weighted by Crippen LogP contribution is -2.24. The molecule has 1 N–H and O–H groups in total. The van der Waals surface area contributed by atoms with E-state index in [-0.39, 0.29) is 5.91 Å². The summed E-state index contributed by atoms with van der Waals surface area (Å²) in [6.45, 7) is 9.67. The number of carbonyl (C=O) groups is 1. The molecule has 6 nitrogen and oxygen atoms in total. The number of hydrogen-bond acceptors (Lipinski definition) is 4. The van der Waals surface area contributed by atoms with Crippen molar-refractivity contribution in [2.24, 2.45) is 0 Å². The van der Waals surface area contributed by atoms with E-state index in [1.165, 1.54) is 5.56 Å². The van der Waals surface area contributed by atoms with E-state index in [1.54, 1.807) is 17.1 Å². The zero-order chi connectivity index (χ0) is 19.9. The van der Waals surface area contributed by atoms with Crippen molar-refractivity contribution in [2.45, 2.75) is 33.9 Å². The Kier molecular flexibility index (Phi) is 6.55. The fourth-order valence-corrected chi connectivity index (χ4v) is 3.16. The van der Waals surface area contributed by atoms with Crippen LogP contribution in [0.4, 0.5) is 0 Å². The van der Waals surface area contributed by atoms with Crippen molar-refractivity contribution in [1.29, 1.82) is 0 Å². The van der Waals surface area contributed by atoms with Gasteiger partial charge in [-0.25, -0.2) is 9.67 Å². The highest BCUT2D eigenvalue weighted by atomic mass is 16.1. The van der Waals surface area contributed by atoms with Crippen molar-refractivity contribution in [3.8, 4) is 5.82 Å². The van der Waals surface area contributed by atoms with Gasteiger partial charge in [0.15, 0.2) is 5.82 Å². The van der Waals surface area contributed by atoms with Gasteiger partial charge in [0.1, 0.15) is 0 Å². The van der Waals surface area contributed by atoms with E-state index in [9.17, 15) is 4.79 Å². The number of nitrogens with zero attached hydrogens (tertiary/aromatic N) is 4. The lowest BCUT2D eigenvalue weighted by molar-refractivity contribution is 0.0950. The van der Waals surface area contributed by atoms with Gasteiger partial charge in [-0.2, -0.15) is 5.10 Å². The topological polar surface area (TPSA) is 63.1 Å². The SMILES string of the molecule is CCN(CC)Cc1cccc(CNC(=O)c2cnn(-c3ccccn3)c2C)c1. The third-order valence-electron chi connectivity index (χ3n) is 4.87. The van der Waals surface area contributed by atoms with Gasteiger partial charge >= 0.3 is 0 Å². The first-order valence-corrected chi connectivity index (χ1v) is 9.66. The molecule has 0 saturated carbocycles. The molecule has 0 unspecified atom stereocenters. The van der Waals surface area contributed by atoms with E-state index < -0.39 is 0 Å². The molecule has 2 heterocycles. The molecule has 3 rings (SSSR count). The van der Waals surface area contributed by atoms with Crippen LogP contribution in [-0.4, -0.2) is 38.7 Å². The lowest BCUT2D eigenvalue weighted by Gasteiger charge is -2.18. The number of benzene rings is 1. The van der Waals surface area contributed by atoms with E-state index in [2.05, 4.69) is 46.3 Å². The van der Waals surface area contributed by atoms with Gasteiger partial charge in [-0.3, -0.25) is 9.69 Å². The normalized spacial score (nSPS) is 11.0. The van der Waals surface area contributed by atoms with Crippen molar-refractivity contribution in [2.75, 3.05) is 13.1 Å². The smallest absolute Gasteiger partial charge is 0.255 e. The van der Waals surface area contributed by atoms with Gasteiger partial charge < -0.3 is 5.32 Å². The minimum Gasteiger partial charge on any atom is -0.348 e. The average molecular weight is 377 g/mol. The third kappa shape index (κ3) is 4.64. The highest BCUT2D eigenvalue weighted by Gasteiger charge is 2.15. The van der Waals surface area contributed by atoms with Crippen molar-refractivity contribution in [3.63, 3.8) is 0 Å². The summed E-state index contributed by atoms with van der Waals surface area (Å²) in [6, 6.07) is 14.0. The minimum atomic E-state index is -0.131. The standard InChI is InChI=1S/C22H27N5O/c1-4-26(5-2)16-19-10-8-9-18(13-19)14-24-22(28)20-15-25-27(17(20)3)21-11-6-7-12-23-21/h6-13,15H,4-5,14,16H2,1-3H3,(H,24,28). The Morgan fingerprint density at radius 3 is 2.61 bits per heavy atom. The summed E-state index contributed by atoms with van der Waals surface area (Å²) in [5, 5.41) is 7.32. The van der Waals surface area contributed by atoms with Crippen molar-refractivity contribution in [3.05, 3.63) is 77.2 Å². The third-order valence-corrected chi connectivity index (χ3v) is 4.87. The molecule has 6 heteroatoms. The summed E-state index contributed by atoms with van der Waals surface area (Å²) < 4.78 is 1.68. The molecule has 0 aliphatic carbocycles. The maximum Gasteiger partial charge on any atom is 0.255 e. The highest BCUT2D eigenvalue weighted by molar-refractivity contribution is 5.95. The number of aromatic nitrogens is 3. The molecule has 2 aromatic heterocycles. The first-order chi connectivity index (χ1) is 13.6. The fourth-order valence-electron chi connectivity index (χ4n) is 3.16. The largest absolute Gasteiger partial charge is 0.348 e. The van der Waals surface area contributed by atoms with Gasteiger partial charge in [0.2, 0.25) is 0 Å². The molecule has 0 bridgehead atoms. The van der Waals surface area contributed by atoms with Crippen LogP contribution in [0.25, 0.3) is 5.82 Å². The molecular formula is C22H27N5O. The molecule has 3 aromatic rings. The number of rotatable bonds is 8.